The molecule has 3 heteroatoms. The average Bonchev–Trinajstić information content (AvgIpc) is 2.84. The molecule has 0 atom stereocenters. The van der Waals surface area contributed by atoms with Crippen LogP contribution in [0.1, 0.15) is 23.2 Å². The van der Waals surface area contributed by atoms with Crippen LogP contribution in [0, 0.1) is 6.92 Å². The number of aryl methyl sites for hydroxylation is 1. The van der Waals surface area contributed by atoms with Gasteiger partial charge in [-0.3, -0.25) is 0 Å². The molecule has 82 valence electrons. The maximum absolute atomic E-state index is 4.60. The quantitative estimate of drug-likeness (QED) is 0.780. The minimum absolute atomic E-state index is 1.02. The number of rotatable bonds is 1. The van der Waals surface area contributed by atoms with E-state index < -0.39 is 0 Å². The topological polar surface area (TPSA) is 17.8 Å². The molecule has 1 aromatic carbocycles. The van der Waals surface area contributed by atoms with Gasteiger partial charge in [0.2, 0.25) is 0 Å². The van der Waals surface area contributed by atoms with Crippen molar-refractivity contribution in [2.45, 2.75) is 26.2 Å². The van der Waals surface area contributed by atoms with Crippen molar-refractivity contribution in [2.24, 2.45) is 0 Å². The van der Waals surface area contributed by atoms with Gasteiger partial charge >= 0.3 is 0 Å². The van der Waals surface area contributed by atoms with Crippen molar-refractivity contribution in [1.29, 1.82) is 0 Å². The molecule has 2 aromatic rings. The molecule has 0 amide bonds. The fourth-order valence-electron chi connectivity index (χ4n) is 2.39. The molecule has 1 heterocycles. The lowest BCUT2D eigenvalue weighted by molar-refractivity contribution is 0.774. The molecule has 0 fully saturated rings. The molecule has 0 spiro atoms. The Kier molecular flexibility index (Phi) is 2.36. The first-order chi connectivity index (χ1) is 7.77. The number of aromatic nitrogens is 2. The number of fused-ring (bicyclic) bond motifs is 1. The second kappa shape index (κ2) is 3.74. The van der Waals surface area contributed by atoms with Gasteiger partial charge in [0.05, 0.1) is 5.69 Å². The molecule has 1 aliphatic carbocycles. The van der Waals surface area contributed by atoms with Gasteiger partial charge in [-0.15, -0.1) is 0 Å². The van der Waals surface area contributed by atoms with Gasteiger partial charge in [-0.25, -0.2) is 4.68 Å². The van der Waals surface area contributed by atoms with E-state index in [9.17, 15) is 0 Å². The first-order valence-corrected chi connectivity index (χ1v) is 6.39. The molecule has 0 saturated heterocycles. The Balaban J connectivity index is 2.21. The number of para-hydroxylation sites is 1. The minimum Gasteiger partial charge on any atom is -0.236 e. The normalized spacial score (nSPS) is 14.1. The second-order valence-corrected chi connectivity index (χ2v) is 5.02. The Morgan fingerprint density at radius 2 is 2.06 bits per heavy atom. The van der Waals surface area contributed by atoms with Crippen molar-refractivity contribution in [3.63, 3.8) is 0 Å². The molecule has 16 heavy (non-hydrogen) atoms. The lowest BCUT2D eigenvalue weighted by atomic mass is 10.2. The molecule has 1 aliphatic rings. The summed E-state index contributed by atoms with van der Waals surface area (Å²) in [7, 11) is 0. The number of halogens is 1. The number of hydrogen-bond donors (Lipinski definition) is 0. The predicted octanol–water partition coefficient (Wildman–Crippen LogP) is 3.43. The zero-order chi connectivity index (χ0) is 11.1. The van der Waals surface area contributed by atoms with E-state index in [0.29, 0.717) is 0 Å². The van der Waals surface area contributed by atoms with Crippen molar-refractivity contribution >= 4 is 15.9 Å². The highest BCUT2D eigenvalue weighted by Gasteiger charge is 2.22. The second-order valence-electron chi connectivity index (χ2n) is 4.27. The van der Waals surface area contributed by atoms with E-state index in [4.69, 9.17) is 0 Å². The van der Waals surface area contributed by atoms with Crippen LogP contribution in [-0.2, 0) is 12.8 Å². The third-order valence-electron chi connectivity index (χ3n) is 3.22. The van der Waals surface area contributed by atoms with Crippen molar-refractivity contribution in [2.75, 3.05) is 0 Å². The number of hydrogen-bond acceptors (Lipinski definition) is 1. The number of nitrogens with zero attached hydrogens (tertiary/aromatic N) is 2. The van der Waals surface area contributed by atoms with Crippen molar-refractivity contribution in [1.82, 2.24) is 9.78 Å². The van der Waals surface area contributed by atoms with E-state index in [2.05, 4.69) is 56.9 Å². The Morgan fingerprint density at radius 3 is 2.88 bits per heavy atom. The Hall–Kier alpha value is -1.09. The molecule has 1 aromatic heterocycles. The summed E-state index contributed by atoms with van der Waals surface area (Å²) in [4.78, 5) is 0. The van der Waals surface area contributed by atoms with E-state index in [0.717, 1.165) is 17.4 Å². The molecule has 0 bridgehead atoms. The van der Waals surface area contributed by atoms with Gasteiger partial charge in [-0.2, -0.15) is 5.10 Å². The molecule has 0 radical (unpaired) electrons. The van der Waals surface area contributed by atoms with Gasteiger partial charge in [-0.1, -0.05) is 18.2 Å². The SMILES string of the molecule is Cc1ccccc1-n1nc(Br)c2c1CCC2. The van der Waals surface area contributed by atoms with Crippen LogP contribution in [0.4, 0.5) is 0 Å². The van der Waals surface area contributed by atoms with Crippen molar-refractivity contribution in [3.8, 4) is 5.69 Å². The Bertz CT molecular complexity index is 543. The summed E-state index contributed by atoms with van der Waals surface area (Å²) < 4.78 is 3.12. The Labute approximate surface area is 103 Å². The molecule has 3 rings (SSSR count). The summed E-state index contributed by atoms with van der Waals surface area (Å²) in [5.74, 6) is 0. The highest BCUT2D eigenvalue weighted by Crippen LogP contribution is 2.31. The van der Waals surface area contributed by atoms with E-state index in [1.807, 2.05) is 0 Å². The summed E-state index contributed by atoms with van der Waals surface area (Å²) >= 11 is 3.56. The standard InChI is InChI=1S/C13H13BrN2/c1-9-5-2-3-7-11(9)16-12-8-4-6-10(12)13(14)15-16/h2-3,5,7H,4,6,8H2,1H3. The monoisotopic (exact) mass is 276 g/mol. The van der Waals surface area contributed by atoms with Gasteiger partial charge in [0.25, 0.3) is 0 Å². The zero-order valence-corrected chi connectivity index (χ0v) is 10.8. The van der Waals surface area contributed by atoms with Crippen molar-refractivity contribution in [3.05, 3.63) is 45.7 Å². The van der Waals surface area contributed by atoms with Crippen LogP contribution >= 0.6 is 15.9 Å². The largest absolute Gasteiger partial charge is 0.236 e. The summed E-state index contributed by atoms with van der Waals surface area (Å²) in [5.41, 5.74) is 5.24. The maximum Gasteiger partial charge on any atom is 0.132 e. The fraction of sp³-hybridized carbons (Fsp3) is 0.308. The fourth-order valence-corrected chi connectivity index (χ4v) is 2.98. The van der Waals surface area contributed by atoms with Crippen molar-refractivity contribution < 1.29 is 0 Å². The highest BCUT2D eigenvalue weighted by molar-refractivity contribution is 9.10. The van der Waals surface area contributed by atoms with Gasteiger partial charge in [0.1, 0.15) is 4.60 Å². The summed E-state index contributed by atoms with van der Waals surface area (Å²) in [6, 6.07) is 8.40. The van der Waals surface area contributed by atoms with Gasteiger partial charge in [-0.05, 0) is 53.7 Å². The lowest BCUT2D eigenvalue weighted by Crippen LogP contribution is -2.02. The molecule has 0 aliphatic heterocycles. The van der Waals surface area contributed by atoms with Crippen LogP contribution in [0.15, 0.2) is 28.9 Å². The first-order valence-electron chi connectivity index (χ1n) is 5.59. The molecule has 0 saturated carbocycles. The van der Waals surface area contributed by atoms with Crippen LogP contribution in [0.25, 0.3) is 5.69 Å². The molecular formula is C13H13BrN2. The Morgan fingerprint density at radius 1 is 1.25 bits per heavy atom. The van der Waals surface area contributed by atoms with Gasteiger partial charge < -0.3 is 0 Å². The van der Waals surface area contributed by atoms with Crippen LogP contribution in [0.2, 0.25) is 0 Å². The van der Waals surface area contributed by atoms with Crippen LogP contribution in [-0.4, -0.2) is 9.78 Å². The molecule has 0 unspecified atom stereocenters. The first kappa shape index (κ1) is 10.1. The van der Waals surface area contributed by atoms with E-state index in [1.165, 1.54) is 28.9 Å². The lowest BCUT2D eigenvalue weighted by Gasteiger charge is -2.08. The van der Waals surface area contributed by atoms with Gasteiger partial charge in [0, 0.05) is 11.3 Å². The predicted molar refractivity (Wildman–Crippen MR) is 68.0 cm³/mol. The molecule has 0 N–H and O–H groups in total. The zero-order valence-electron chi connectivity index (χ0n) is 9.20. The highest BCUT2D eigenvalue weighted by atomic mass is 79.9. The summed E-state index contributed by atoms with van der Waals surface area (Å²) in [5, 5.41) is 4.60. The van der Waals surface area contributed by atoms with E-state index in [-0.39, 0.29) is 0 Å². The average molecular weight is 277 g/mol. The third-order valence-corrected chi connectivity index (χ3v) is 3.86. The summed E-state index contributed by atoms with van der Waals surface area (Å²) in [6.07, 6.45) is 3.54. The smallest absolute Gasteiger partial charge is 0.132 e. The van der Waals surface area contributed by atoms with Crippen LogP contribution in [0.5, 0.6) is 0 Å². The van der Waals surface area contributed by atoms with Gasteiger partial charge in [0.15, 0.2) is 0 Å². The molecular weight excluding hydrogens is 264 g/mol. The summed E-state index contributed by atoms with van der Waals surface area (Å²) in [6.45, 7) is 2.13. The molecule has 2 nitrogen and oxygen atoms in total. The van der Waals surface area contributed by atoms with E-state index in [1.54, 1.807) is 0 Å². The maximum atomic E-state index is 4.60. The van der Waals surface area contributed by atoms with Crippen LogP contribution < -0.4 is 0 Å². The number of benzene rings is 1. The van der Waals surface area contributed by atoms with E-state index >= 15 is 0 Å². The minimum atomic E-state index is 1.02. The van der Waals surface area contributed by atoms with Crippen LogP contribution in [0.3, 0.4) is 0 Å². The third kappa shape index (κ3) is 1.42.